The van der Waals surface area contributed by atoms with Gasteiger partial charge in [0.05, 0.1) is 28.6 Å². The predicted molar refractivity (Wildman–Crippen MR) is 132 cm³/mol. The minimum Gasteiger partial charge on any atom is -0.488 e. The lowest BCUT2D eigenvalue weighted by Crippen LogP contribution is -2.05. The SMILES string of the molecule is O=C(O)CCSC1c2cc(C=Cc3ccc4cc(F)c(F)cc4n3)ccc2OCc2cccnc21. The maximum absolute atomic E-state index is 13.6. The van der Waals surface area contributed by atoms with E-state index < -0.39 is 17.6 Å². The highest BCUT2D eigenvalue weighted by Gasteiger charge is 2.26. The lowest BCUT2D eigenvalue weighted by Gasteiger charge is -2.18. The monoisotopic (exact) mass is 490 g/mol. The van der Waals surface area contributed by atoms with Crippen LogP contribution in [0.25, 0.3) is 23.1 Å². The highest BCUT2D eigenvalue weighted by molar-refractivity contribution is 7.99. The number of thioether (sulfide) groups is 1. The van der Waals surface area contributed by atoms with Gasteiger partial charge >= 0.3 is 5.97 Å². The fraction of sp³-hybridized carbons (Fsp3) is 0.148. The second-order valence-corrected chi connectivity index (χ2v) is 9.27. The molecule has 0 spiro atoms. The van der Waals surface area contributed by atoms with Crippen LogP contribution >= 0.6 is 11.8 Å². The zero-order chi connectivity index (χ0) is 24.4. The van der Waals surface area contributed by atoms with Gasteiger partial charge in [0, 0.05) is 34.5 Å². The number of benzene rings is 2. The molecule has 0 fully saturated rings. The highest BCUT2D eigenvalue weighted by Crippen LogP contribution is 2.44. The number of fused-ring (bicyclic) bond motifs is 3. The van der Waals surface area contributed by atoms with Gasteiger partial charge in [0.15, 0.2) is 11.6 Å². The van der Waals surface area contributed by atoms with Crippen molar-refractivity contribution in [3.05, 3.63) is 101 Å². The molecule has 35 heavy (non-hydrogen) atoms. The van der Waals surface area contributed by atoms with Crippen LogP contribution in [0, 0.1) is 11.6 Å². The first-order chi connectivity index (χ1) is 17.0. The van der Waals surface area contributed by atoms with Crippen molar-refractivity contribution in [3.63, 3.8) is 0 Å². The number of aromatic nitrogens is 2. The van der Waals surface area contributed by atoms with Crippen LogP contribution in [0.4, 0.5) is 8.78 Å². The van der Waals surface area contributed by atoms with E-state index in [9.17, 15) is 13.6 Å². The number of nitrogens with zero attached hydrogens (tertiary/aromatic N) is 2. The lowest BCUT2D eigenvalue weighted by atomic mass is 10.0. The number of hydrogen-bond donors (Lipinski definition) is 1. The van der Waals surface area contributed by atoms with Crippen molar-refractivity contribution in [1.29, 1.82) is 0 Å². The van der Waals surface area contributed by atoms with E-state index in [1.807, 2.05) is 36.4 Å². The molecule has 0 amide bonds. The zero-order valence-electron chi connectivity index (χ0n) is 18.4. The van der Waals surface area contributed by atoms with Gasteiger partial charge in [-0.1, -0.05) is 24.3 Å². The van der Waals surface area contributed by atoms with Crippen LogP contribution in [0.2, 0.25) is 0 Å². The summed E-state index contributed by atoms with van der Waals surface area (Å²) < 4.78 is 33.1. The van der Waals surface area contributed by atoms with Gasteiger partial charge in [-0.3, -0.25) is 9.78 Å². The van der Waals surface area contributed by atoms with Crippen LogP contribution in [0.3, 0.4) is 0 Å². The molecule has 8 heteroatoms. The quantitative estimate of drug-likeness (QED) is 0.344. The Balaban J connectivity index is 1.47. The summed E-state index contributed by atoms with van der Waals surface area (Å²) in [5, 5.41) is 9.45. The van der Waals surface area contributed by atoms with E-state index in [1.54, 1.807) is 24.4 Å². The average molecular weight is 491 g/mol. The first kappa shape index (κ1) is 23.0. The molecule has 1 unspecified atom stereocenters. The van der Waals surface area contributed by atoms with Crippen molar-refractivity contribution in [2.75, 3.05) is 5.75 Å². The molecule has 5 nitrogen and oxygen atoms in total. The Kier molecular flexibility index (Phi) is 6.46. The summed E-state index contributed by atoms with van der Waals surface area (Å²) in [5.41, 5.74) is 4.63. The third kappa shape index (κ3) is 5.02. The van der Waals surface area contributed by atoms with Crippen LogP contribution in [0.1, 0.15) is 39.7 Å². The molecular formula is C27H20F2N2O3S. The van der Waals surface area contributed by atoms with Crippen LogP contribution in [-0.4, -0.2) is 26.8 Å². The Hall–Kier alpha value is -3.78. The molecule has 3 heterocycles. The van der Waals surface area contributed by atoms with Gasteiger partial charge < -0.3 is 9.84 Å². The largest absolute Gasteiger partial charge is 0.488 e. The molecule has 1 atom stereocenters. The molecule has 5 rings (SSSR count). The number of rotatable bonds is 6. The fourth-order valence-corrected chi connectivity index (χ4v) is 5.22. The van der Waals surface area contributed by atoms with Gasteiger partial charge in [0.2, 0.25) is 0 Å². The first-order valence-corrected chi connectivity index (χ1v) is 12.0. The summed E-state index contributed by atoms with van der Waals surface area (Å²) in [4.78, 5) is 20.1. The second kappa shape index (κ2) is 9.84. The van der Waals surface area contributed by atoms with Crippen LogP contribution < -0.4 is 4.74 Å². The molecule has 0 saturated carbocycles. The predicted octanol–water partition coefficient (Wildman–Crippen LogP) is 6.27. The summed E-state index contributed by atoms with van der Waals surface area (Å²) >= 11 is 1.53. The summed E-state index contributed by atoms with van der Waals surface area (Å²) in [5.74, 6) is -1.51. The van der Waals surface area contributed by atoms with E-state index in [4.69, 9.17) is 9.84 Å². The van der Waals surface area contributed by atoms with Crippen molar-refractivity contribution in [3.8, 4) is 5.75 Å². The first-order valence-electron chi connectivity index (χ1n) is 11.0. The molecule has 0 radical (unpaired) electrons. The van der Waals surface area contributed by atoms with Gasteiger partial charge in [-0.15, -0.1) is 11.8 Å². The Bertz CT molecular complexity index is 1460. The Morgan fingerprint density at radius 2 is 1.97 bits per heavy atom. The van der Waals surface area contributed by atoms with Crippen LogP contribution in [0.5, 0.6) is 5.75 Å². The van der Waals surface area contributed by atoms with Gasteiger partial charge in [-0.05, 0) is 42.0 Å². The summed E-state index contributed by atoms with van der Waals surface area (Å²) in [6, 6.07) is 15.3. The Morgan fingerprint density at radius 3 is 2.83 bits per heavy atom. The molecule has 2 aromatic heterocycles. The van der Waals surface area contributed by atoms with E-state index in [2.05, 4.69) is 9.97 Å². The van der Waals surface area contributed by atoms with Crippen molar-refractivity contribution in [1.82, 2.24) is 9.97 Å². The molecule has 0 saturated heterocycles. The summed E-state index contributed by atoms with van der Waals surface area (Å²) in [6.45, 7) is 0.388. The van der Waals surface area contributed by atoms with Gasteiger partial charge in [0.1, 0.15) is 12.4 Å². The molecule has 4 aromatic rings. The Labute approximate surface area is 204 Å². The highest BCUT2D eigenvalue weighted by atomic mass is 32.2. The molecule has 1 aliphatic rings. The number of halogens is 2. The van der Waals surface area contributed by atoms with Gasteiger partial charge in [0.25, 0.3) is 0 Å². The Morgan fingerprint density at radius 1 is 1.11 bits per heavy atom. The van der Waals surface area contributed by atoms with Crippen LogP contribution in [0.15, 0.2) is 60.8 Å². The molecule has 2 aromatic carbocycles. The van der Waals surface area contributed by atoms with E-state index >= 15 is 0 Å². The number of carbonyl (C=O) groups is 1. The third-order valence-electron chi connectivity index (χ3n) is 5.67. The minimum atomic E-state index is -0.933. The van der Waals surface area contributed by atoms with Gasteiger partial charge in [-0.25, -0.2) is 13.8 Å². The number of carboxylic acids is 1. The van der Waals surface area contributed by atoms with Gasteiger partial charge in [-0.2, -0.15) is 0 Å². The number of ether oxygens (including phenoxy) is 1. The number of pyridine rings is 2. The topological polar surface area (TPSA) is 72.3 Å². The number of carboxylic acid groups (broad SMARTS) is 1. The third-order valence-corrected chi connectivity index (χ3v) is 6.92. The van der Waals surface area contributed by atoms with E-state index in [-0.39, 0.29) is 11.7 Å². The number of aliphatic carboxylic acids is 1. The van der Waals surface area contributed by atoms with E-state index in [0.717, 1.165) is 40.3 Å². The lowest BCUT2D eigenvalue weighted by molar-refractivity contribution is -0.136. The van der Waals surface area contributed by atoms with E-state index in [1.165, 1.54) is 11.8 Å². The zero-order valence-corrected chi connectivity index (χ0v) is 19.3. The smallest absolute Gasteiger partial charge is 0.304 e. The molecule has 1 N–H and O–H groups in total. The fourth-order valence-electron chi connectivity index (χ4n) is 3.96. The molecule has 0 aliphatic carbocycles. The van der Waals surface area contributed by atoms with Crippen molar-refractivity contribution >= 4 is 40.8 Å². The van der Waals surface area contributed by atoms with Crippen molar-refractivity contribution in [2.24, 2.45) is 0 Å². The maximum atomic E-state index is 13.6. The molecular weight excluding hydrogens is 470 g/mol. The maximum Gasteiger partial charge on any atom is 0.304 e. The minimum absolute atomic E-state index is 0.0528. The normalized spacial score (nSPS) is 14.9. The molecule has 176 valence electrons. The van der Waals surface area contributed by atoms with E-state index in [0.29, 0.717) is 29.0 Å². The van der Waals surface area contributed by atoms with Crippen LogP contribution in [-0.2, 0) is 11.4 Å². The standard InChI is InChI=1S/C27H20F2N2O3S/c28-21-13-17-5-7-19(31-23(17)14-22(21)29)6-3-16-4-8-24-20(12-16)27(35-11-9-25(32)33)26-18(15-34-24)2-1-10-30-26/h1-8,10,12-14,27H,9,11,15H2,(H,32,33). The summed E-state index contributed by atoms with van der Waals surface area (Å²) in [6.07, 6.45) is 5.48. The number of hydrogen-bond acceptors (Lipinski definition) is 5. The molecule has 0 bridgehead atoms. The van der Waals surface area contributed by atoms with Crippen molar-refractivity contribution in [2.45, 2.75) is 18.3 Å². The average Bonchev–Trinajstić information content (AvgIpc) is 3.00. The van der Waals surface area contributed by atoms with Crippen molar-refractivity contribution < 1.29 is 23.4 Å². The summed E-state index contributed by atoms with van der Waals surface area (Å²) in [7, 11) is 0. The second-order valence-electron chi connectivity index (χ2n) is 8.06. The molecule has 1 aliphatic heterocycles.